The zero-order valence-corrected chi connectivity index (χ0v) is 13.2. The van der Waals surface area contributed by atoms with E-state index < -0.39 is 23.9 Å². The average molecular weight is 321 g/mol. The molecule has 0 aliphatic heterocycles. The summed E-state index contributed by atoms with van der Waals surface area (Å²) in [6.45, 7) is 1.27. The molecule has 2 N–H and O–H groups in total. The number of benzene rings is 1. The summed E-state index contributed by atoms with van der Waals surface area (Å²) in [5, 5.41) is 0. The summed E-state index contributed by atoms with van der Waals surface area (Å²) in [4.78, 5) is 33.7. The first-order chi connectivity index (χ1) is 10.9. The Kier molecular flexibility index (Phi) is 6.95. The van der Waals surface area contributed by atoms with Crippen molar-refractivity contribution in [1.82, 2.24) is 0 Å². The number of esters is 3. The molecule has 0 fully saturated rings. The van der Waals surface area contributed by atoms with Crippen LogP contribution in [0.4, 0.5) is 0 Å². The Labute approximate surface area is 134 Å². The van der Waals surface area contributed by atoms with E-state index >= 15 is 0 Å². The fraction of sp³-hybridized carbons (Fsp3) is 0.312. The lowest BCUT2D eigenvalue weighted by atomic mass is 10.0. The topological polar surface area (TPSA) is 105 Å². The van der Waals surface area contributed by atoms with Gasteiger partial charge in [-0.05, 0) is 30.2 Å². The third kappa shape index (κ3) is 5.91. The number of nitrogens with two attached hydrogens (primary N) is 1. The summed E-state index contributed by atoms with van der Waals surface area (Å²) >= 11 is 0. The van der Waals surface area contributed by atoms with Crippen LogP contribution in [0.15, 0.2) is 24.3 Å². The molecule has 1 aromatic rings. The maximum Gasteiger partial charge on any atom is 0.330 e. The van der Waals surface area contributed by atoms with Gasteiger partial charge in [0, 0.05) is 18.6 Å². The van der Waals surface area contributed by atoms with Crippen molar-refractivity contribution < 1.29 is 28.6 Å². The van der Waals surface area contributed by atoms with Crippen molar-refractivity contribution in [3.8, 4) is 5.75 Å². The van der Waals surface area contributed by atoms with Crippen LogP contribution in [0.1, 0.15) is 18.1 Å². The lowest BCUT2D eigenvalue weighted by Crippen LogP contribution is -2.33. The lowest BCUT2D eigenvalue weighted by molar-refractivity contribution is -0.142. The summed E-state index contributed by atoms with van der Waals surface area (Å²) in [6.07, 6.45) is 2.90. The standard InChI is InChI=1S/C16H19NO6/c1-10(18)23-14-6-4-11(9-13(17)16(20)22-3)8-12(14)5-7-15(19)21-2/h4-8,13H,9,17H2,1-3H3/b7-5+/t13-/m0/s1. The normalized spacial score (nSPS) is 11.8. The van der Waals surface area contributed by atoms with E-state index in [0.29, 0.717) is 5.56 Å². The molecular weight excluding hydrogens is 302 g/mol. The molecule has 1 aromatic carbocycles. The molecule has 0 unspecified atom stereocenters. The van der Waals surface area contributed by atoms with Gasteiger partial charge in [0.1, 0.15) is 11.8 Å². The molecule has 0 saturated heterocycles. The Morgan fingerprint density at radius 2 is 1.91 bits per heavy atom. The number of carbonyl (C=O) groups excluding carboxylic acids is 3. The Morgan fingerprint density at radius 1 is 1.22 bits per heavy atom. The third-order valence-electron chi connectivity index (χ3n) is 2.89. The van der Waals surface area contributed by atoms with E-state index in [4.69, 9.17) is 10.5 Å². The molecule has 0 amide bonds. The molecule has 0 radical (unpaired) electrons. The summed E-state index contributed by atoms with van der Waals surface area (Å²) < 4.78 is 14.2. The van der Waals surface area contributed by atoms with Crippen molar-refractivity contribution in [3.05, 3.63) is 35.4 Å². The van der Waals surface area contributed by atoms with Crippen molar-refractivity contribution >= 4 is 24.0 Å². The monoisotopic (exact) mass is 321 g/mol. The highest BCUT2D eigenvalue weighted by molar-refractivity contribution is 5.87. The van der Waals surface area contributed by atoms with Gasteiger partial charge < -0.3 is 19.9 Å². The molecular formula is C16H19NO6. The van der Waals surface area contributed by atoms with E-state index in [2.05, 4.69) is 9.47 Å². The minimum atomic E-state index is -0.808. The van der Waals surface area contributed by atoms with Crippen molar-refractivity contribution in [2.24, 2.45) is 5.73 Å². The first-order valence-electron chi connectivity index (χ1n) is 6.78. The molecule has 23 heavy (non-hydrogen) atoms. The molecule has 0 spiro atoms. The molecule has 0 aliphatic rings. The highest BCUT2D eigenvalue weighted by Gasteiger charge is 2.15. The molecule has 1 rings (SSSR count). The number of hydrogen-bond acceptors (Lipinski definition) is 7. The SMILES string of the molecule is COC(=O)/C=C/c1cc(C[C@H](N)C(=O)OC)ccc1OC(C)=O. The molecule has 124 valence electrons. The molecule has 0 heterocycles. The van der Waals surface area contributed by atoms with Gasteiger partial charge in [0.25, 0.3) is 0 Å². The second kappa shape index (κ2) is 8.70. The number of carbonyl (C=O) groups is 3. The van der Waals surface area contributed by atoms with E-state index in [1.807, 2.05) is 0 Å². The van der Waals surface area contributed by atoms with Gasteiger partial charge in [-0.3, -0.25) is 9.59 Å². The highest BCUT2D eigenvalue weighted by Crippen LogP contribution is 2.23. The molecule has 0 bridgehead atoms. The van der Waals surface area contributed by atoms with Crippen molar-refractivity contribution in [2.75, 3.05) is 14.2 Å². The zero-order chi connectivity index (χ0) is 17.4. The fourth-order valence-corrected chi connectivity index (χ4v) is 1.82. The Bertz CT molecular complexity index is 623. The zero-order valence-electron chi connectivity index (χ0n) is 13.2. The van der Waals surface area contributed by atoms with Gasteiger partial charge in [0.2, 0.25) is 0 Å². The first-order valence-corrected chi connectivity index (χ1v) is 6.78. The second-order valence-corrected chi connectivity index (χ2v) is 4.66. The summed E-state index contributed by atoms with van der Waals surface area (Å²) in [7, 11) is 2.52. The third-order valence-corrected chi connectivity index (χ3v) is 2.89. The van der Waals surface area contributed by atoms with Crippen molar-refractivity contribution in [1.29, 1.82) is 0 Å². The van der Waals surface area contributed by atoms with Gasteiger partial charge in [-0.2, -0.15) is 0 Å². The Morgan fingerprint density at radius 3 is 2.48 bits per heavy atom. The minimum absolute atomic E-state index is 0.242. The van der Waals surface area contributed by atoms with E-state index in [1.165, 1.54) is 33.3 Å². The molecule has 0 aliphatic carbocycles. The van der Waals surface area contributed by atoms with E-state index in [0.717, 1.165) is 5.56 Å². The van der Waals surface area contributed by atoms with Crippen LogP contribution in [0.25, 0.3) is 6.08 Å². The van der Waals surface area contributed by atoms with Crippen molar-refractivity contribution in [3.63, 3.8) is 0 Å². The maximum absolute atomic E-state index is 11.4. The second-order valence-electron chi connectivity index (χ2n) is 4.66. The summed E-state index contributed by atoms with van der Waals surface area (Å²) in [5.74, 6) is -1.28. The van der Waals surface area contributed by atoms with Gasteiger partial charge in [0.15, 0.2) is 0 Å². The van der Waals surface area contributed by atoms with Crippen LogP contribution < -0.4 is 10.5 Å². The number of methoxy groups -OCH3 is 2. The van der Waals surface area contributed by atoms with Crippen LogP contribution >= 0.6 is 0 Å². The van der Waals surface area contributed by atoms with Gasteiger partial charge in [-0.15, -0.1) is 0 Å². The minimum Gasteiger partial charge on any atom is -0.468 e. The lowest BCUT2D eigenvalue weighted by Gasteiger charge is -2.12. The molecule has 0 aromatic heterocycles. The quantitative estimate of drug-likeness (QED) is 0.470. The molecule has 7 nitrogen and oxygen atoms in total. The summed E-state index contributed by atoms with van der Waals surface area (Å²) in [5.41, 5.74) is 6.93. The Balaban J connectivity index is 3.07. The van der Waals surface area contributed by atoms with Gasteiger partial charge >= 0.3 is 17.9 Å². The summed E-state index contributed by atoms with van der Waals surface area (Å²) in [6, 6.07) is 4.10. The van der Waals surface area contributed by atoms with Crippen LogP contribution in [-0.2, 0) is 30.3 Å². The smallest absolute Gasteiger partial charge is 0.330 e. The largest absolute Gasteiger partial charge is 0.468 e. The van der Waals surface area contributed by atoms with Crippen LogP contribution in [-0.4, -0.2) is 38.2 Å². The van der Waals surface area contributed by atoms with E-state index in [-0.39, 0.29) is 12.2 Å². The van der Waals surface area contributed by atoms with E-state index in [1.54, 1.807) is 18.2 Å². The van der Waals surface area contributed by atoms with Crippen LogP contribution in [0, 0.1) is 0 Å². The predicted molar refractivity (Wildman–Crippen MR) is 82.5 cm³/mol. The van der Waals surface area contributed by atoms with Crippen LogP contribution in [0.5, 0.6) is 5.75 Å². The van der Waals surface area contributed by atoms with E-state index in [9.17, 15) is 14.4 Å². The van der Waals surface area contributed by atoms with Gasteiger partial charge in [0.05, 0.1) is 14.2 Å². The number of hydrogen-bond donors (Lipinski definition) is 1. The van der Waals surface area contributed by atoms with Crippen LogP contribution in [0.3, 0.4) is 0 Å². The fourth-order valence-electron chi connectivity index (χ4n) is 1.82. The predicted octanol–water partition coefficient (Wildman–Crippen LogP) is 0.841. The number of ether oxygens (including phenoxy) is 3. The van der Waals surface area contributed by atoms with Gasteiger partial charge in [-0.25, -0.2) is 4.79 Å². The van der Waals surface area contributed by atoms with Crippen molar-refractivity contribution in [2.45, 2.75) is 19.4 Å². The molecule has 0 saturated carbocycles. The average Bonchev–Trinajstić information content (AvgIpc) is 2.52. The Hall–Kier alpha value is -2.67. The molecule has 7 heteroatoms. The number of rotatable bonds is 6. The van der Waals surface area contributed by atoms with Crippen LogP contribution in [0.2, 0.25) is 0 Å². The van der Waals surface area contributed by atoms with Gasteiger partial charge in [-0.1, -0.05) is 6.07 Å². The maximum atomic E-state index is 11.4. The first kappa shape index (κ1) is 18.4. The molecule has 1 atom stereocenters. The highest BCUT2D eigenvalue weighted by atomic mass is 16.5.